The molecule has 0 atom stereocenters. The molecule has 2 aliphatic heterocycles. The number of benzene rings is 2. The maximum Gasteiger partial charge on any atom is 0.255 e. The van der Waals surface area contributed by atoms with Crippen LogP contribution in [0.15, 0.2) is 53.4 Å². The lowest BCUT2D eigenvalue weighted by Gasteiger charge is -2.32. The number of hydrogen-bond donors (Lipinski definition) is 0. The Labute approximate surface area is 170 Å². The van der Waals surface area contributed by atoms with Crippen molar-refractivity contribution in [1.29, 1.82) is 0 Å². The fourth-order valence-electron chi connectivity index (χ4n) is 3.76. The lowest BCUT2D eigenvalue weighted by Crippen LogP contribution is -2.47. The summed E-state index contributed by atoms with van der Waals surface area (Å²) in [5.41, 5.74) is 2.95. The summed E-state index contributed by atoms with van der Waals surface area (Å²) < 4.78 is 0. The molecule has 6 heteroatoms. The van der Waals surface area contributed by atoms with Gasteiger partial charge in [-0.2, -0.15) is 0 Å². The van der Waals surface area contributed by atoms with E-state index in [1.165, 1.54) is 17.3 Å². The summed E-state index contributed by atoms with van der Waals surface area (Å²) >= 11 is 1.46. The Morgan fingerprint density at radius 2 is 1.64 bits per heavy atom. The van der Waals surface area contributed by atoms with Crippen LogP contribution in [0.1, 0.15) is 15.9 Å². The number of piperazine rings is 1. The second kappa shape index (κ2) is 8.37. The molecule has 0 radical (unpaired) electrons. The molecule has 2 aromatic rings. The van der Waals surface area contributed by atoms with E-state index >= 15 is 0 Å². The highest BCUT2D eigenvalue weighted by atomic mass is 32.2. The predicted octanol–water partition coefficient (Wildman–Crippen LogP) is 2.76. The molecule has 0 aliphatic carbocycles. The fourth-order valence-corrected chi connectivity index (χ4v) is 4.68. The van der Waals surface area contributed by atoms with Gasteiger partial charge < -0.3 is 14.7 Å². The van der Waals surface area contributed by atoms with Crippen molar-refractivity contribution in [2.24, 2.45) is 0 Å². The number of carbonyl (C=O) groups is 2. The number of fused-ring (bicyclic) bond motifs is 1. The Morgan fingerprint density at radius 3 is 2.46 bits per heavy atom. The van der Waals surface area contributed by atoms with Crippen molar-refractivity contribution in [3.8, 4) is 0 Å². The molecule has 0 aromatic heterocycles. The molecule has 0 bridgehead atoms. The highest BCUT2D eigenvalue weighted by Crippen LogP contribution is 2.30. The van der Waals surface area contributed by atoms with Gasteiger partial charge in [0.2, 0.25) is 5.91 Å². The van der Waals surface area contributed by atoms with Gasteiger partial charge in [0.25, 0.3) is 5.91 Å². The van der Waals surface area contributed by atoms with Crippen molar-refractivity contribution >= 4 is 29.3 Å². The third-order valence-corrected chi connectivity index (χ3v) is 6.51. The number of rotatable bonds is 4. The molecule has 1 saturated heterocycles. The van der Waals surface area contributed by atoms with Crippen LogP contribution in [-0.2, 0) is 11.2 Å². The van der Waals surface area contributed by atoms with Gasteiger partial charge in [0, 0.05) is 43.3 Å². The Kier molecular flexibility index (Phi) is 5.69. The van der Waals surface area contributed by atoms with Crippen molar-refractivity contribution in [2.45, 2.75) is 11.3 Å². The van der Waals surface area contributed by atoms with Crippen LogP contribution >= 0.6 is 11.8 Å². The molecule has 0 saturated carbocycles. The molecule has 4 rings (SSSR count). The smallest absolute Gasteiger partial charge is 0.255 e. The van der Waals surface area contributed by atoms with Crippen molar-refractivity contribution in [3.63, 3.8) is 0 Å². The van der Waals surface area contributed by atoms with Gasteiger partial charge >= 0.3 is 0 Å². The fraction of sp³-hybridized carbons (Fsp3) is 0.364. The van der Waals surface area contributed by atoms with E-state index < -0.39 is 0 Å². The molecule has 0 N–H and O–H groups in total. The van der Waals surface area contributed by atoms with Gasteiger partial charge in [0.15, 0.2) is 0 Å². The highest BCUT2D eigenvalue weighted by Gasteiger charge is 2.26. The van der Waals surface area contributed by atoms with Crippen LogP contribution in [0.2, 0.25) is 0 Å². The first-order valence-corrected chi connectivity index (χ1v) is 10.7. The highest BCUT2D eigenvalue weighted by molar-refractivity contribution is 8.00. The quantitative estimate of drug-likeness (QED) is 0.747. The average molecular weight is 396 g/mol. The van der Waals surface area contributed by atoms with E-state index in [4.69, 9.17) is 0 Å². The van der Waals surface area contributed by atoms with E-state index in [2.05, 4.69) is 18.0 Å². The minimum absolute atomic E-state index is 0.0650. The molecule has 2 aliphatic rings. The molecule has 2 heterocycles. The standard InChI is InChI=1S/C22H25N3O2S/c1-23-12-14-24(15-13-23)22(27)18-7-3-5-9-20(18)28-16-21(26)25-11-10-17-6-2-4-8-19(17)25/h2-9H,10-16H2,1H3. The summed E-state index contributed by atoms with van der Waals surface area (Å²) in [5.74, 6) is 0.494. The number of thioether (sulfide) groups is 1. The summed E-state index contributed by atoms with van der Waals surface area (Å²) in [6.45, 7) is 4.03. The molecular weight excluding hydrogens is 370 g/mol. The van der Waals surface area contributed by atoms with Crippen LogP contribution in [0.25, 0.3) is 0 Å². The number of para-hydroxylation sites is 1. The summed E-state index contributed by atoms with van der Waals surface area (Å²) in [6.07, 6.45) is 0.908. The van der Waals surface area contributed by atoms with E-state index in [1.54, 1.807) is 0 Å². The Bertz CT molecular complexity index is 878. The van der Waals surface area contributed by atoms with Gasteiger partial charge in [-0.1, -0.05) is 30.3 Å². The molecule has 2 aromatic carbocycles. The van der Waals surface area contributed by atoms with Gasteiger partial charge in [-0.15, -0.1) is 11.8 Å². The van der Waals surface area contributed by atoms with Crippen LogP contribution in [0.4, 0.5) is 5.69 Å². The lowest BCUT2D eigenvalue weighted by atomic mass is 10.2. The summed E-state index contributed by atoms with van der Waals surface area (Å²) in [7, 11) is 2.08. The second-order valence-corrected chi connectivity index (χ2v) is 8.32. The first kappa shape index (κ1) is 19.0. The van der Waals surface area contributed by atoms with Crippen LogP contribution in [-0.4, -0.2) is 67.1 Å². The van der Waals surface area contributed by atoms with E-state index in [1.807, 2.05) is 52.3 Å². The third-order valence-electron chi connectivity index (χ3n) is 5.45. The minimum Gasteiger partial charge on any atom is -0.336 e. The molecular formula is C22H25N3O2S. The van der Waals surface area contributed by atoms with Gasteiger partial charge in [0.1, 0.15) is 0 Å². The van der Waals surface area contributed by atoms with E-state index in [0.717, 1.165) is 49.7 Å². The Balaban J connectivity index is 1.43. The summed E-state index contributed by atoms with van der Waals surface area (Å²) in [5, 5.41) is 0. The van der Waals surface area contributed by atoms with E-state index in [0.29, 0.717) is 11.3 Å². The largest absolute Gasteiger partial charge is 0.336 e. The zero-order chi connectivity index (χ0) is 19.5. The normalized spacial score (nSPS) is 16.9. The second-order valence-electron chi connectivity index (χ2n) is 7.30. The molecule has 5 nitrogen and oxygen atoms in total. The summed E-state index contributed by atoms with van der Waals surface area (Å²) in [4.78, 5) is 32.7. The van der Waals surface area contributed by atoms with Crippen LogP contribution < -0.4 is 4.90 Å². The zero-order valence-corrected chi connectivity index (χ0v) is 17.0. The lowest BCUT2D eigenvalue weighted by molar-refractivity contribution is -0.116. The van der Waals surface area contributed by atoms with Crippen LogP contribution in [0.3, 0.4) is 0 Å². The first-order valence-electron chi connectivity index (χ1n) is 9.71. The zero-order valence-electron chi connectivity index (χ0n) is 16.1. The first-order chi connectivity index (χ1) is 13.6. The number of amides is 2. The number of likely N-dealkylation sites (N-methyl/N-ethyl adjacent to an activating group) is 1. The van der Waals surface area contributed by atoms with Gasteiger partial charge in [0.05, 0.1) is 11.3 Å². The summed E-state index contributed by atoms with van der Waals surface area (Å²) in [6, 6.07) is 15.7. The van der Waals surface area contributed by atoms with Crippen LogP contribution in [0.5, 0.6) is 0 Å². The minimum atomic E-state index is 0.0650. The average Bonchev–Trinajstić information content (AvgIpc) is 3.16. The van der Waals surface area contributed by atoms with Crippen molar-refractivity contribution in [1.82, 2.24) is 9.80 Å². The number of nitrogens with zero attached hydrogens (tertiary/aromatic N) is 3. The van der Waals surface area contributed by atoms with Crippen LogP contribution in [0, 0.1) is 0 Å². The maximum atomic E-state index is 13.0. The molecule has 0 unspecified atom stereocenters. The molecule has 2 amide bonds. The Hall–Kier alpha value is -2.31. The van der Waals surface area contributed by atoms with Gasteiger partial charge in [-0.05, 0) is 37.2 Å². The molecule has 28 heavy (non-hydrogen) atoms. The van der Waals surface area contributed by atoms with E-state index in [9.17, 15) is 9.59 Å². The Morgan fingerprint density at radius 1 is 0.929 bits per heavy atom. The van der Waals surface area contributed by atoms with Crippen molar-refractivity contribution in [3.05, 3.63) is 59.7 Å². The van der Waals surface area contributed by atoms with Crippen molar-refractivity contribution < 1.29 is 9.59 Å². The van der Waals surface area contributed by atoms with Gasteiger partial charge in [-0.3, -0.25) is 9.59 Å². The number of anilines is 1. The molecule has 0 spiro atoms. The van der Waals surface area contributed by atoms with Crippen molar-refractivity contribution in [2.75, 3.05) is 50.4 Å². The third kappa shape index (κ3) is 3.93. The maximum absolute atomic E-state index is 13.0. The number of hydrogen-bond acceptors (Lipinski definition) is 4. The SMILES string of the molecule is CN1CCN(C(=O)c2ccccc2SCC(=O)N2CCc3ccccc32)CC1. The molecule has 146 valence electrons. The topological polar surface area (TPSA) is 43.9 Å². The van der Waals surface area contributed by atoms with Gasteiger partial charge in [-0.25, -0.2) is 0 Å². The monoisotopic (exact) mass is 395 g/mol. The number of carbonyl (C=O) groups excluding carboxylic acids is 2. The van der Waals surface area contributed by atoms with E-state index in [-0.39, 0.29) is 11.8 Å². The predicted molar refractivity (Wildman–Crippen MR) is 113 cm³/mol. The molecule has 1 fully saturated rings.